The van der Waals surface area contributed by atoms with Gasteiger partial charge in [0.25, 0.3) is 0 Å². The number of benzene rings is 1. The molecule has 0 amide bonds. The average Bonchev–Trinajstić information content (AvgIpc) is 2.30. The van der Waals surface area contributed by atoms with E-state index in [2.05, 4.69) is 4.72 Å². The molecular formula is C12H16ClNO4S. The summed E-state index contributed by atoms with van der Waals surface area (Å²) in [5, 5.41) is 9.17. The molecule has 0 fully saturated rings. The highest BCUT2D eigenvalue weighted by Crippen LogP contribution is 2.20. The topological polar surface area (TPSA) is 83.5 Å². The van der Waals surface area contributed by atoms with Crippen molar-refractivity contribution in [2.75, 3.05) is 0 Å². The van der Waals surface area contributed by atoms with Gasteiger partial charge in [-0.1, -0.05) is 24.6 Å². The Morgan fingerprint density at radius 1 is 1.37 bits per heavy atom. The number of aryl methyl sites for hydroxylation is 1. The van der Waals surface area contributed by atoms with Crippen molar-refractivity contribution >= 4 is 27.6 Å². The maximum absolute atomic E-state index is 12.2. The fourth-order valence-electron chi connectivity index (χ4n) is 1.49. The number of hydrogen-bond acceptors (Lipinski definition) is 3. The van der Waals surface area contributed by atoms with E-state index in [1.54, 1.807) is 19.1 Å². The van der Waals surface area contributed by atoms with Crippen LogP contribution in [0.5, 0.6) is 0 Å². The van der Waals surface area contributed by atoms with Crippen molar-refractivity contribution in [3.63, 3.8) is 0 Å². The highest BCUT2D eigenvalue weighted by atomic mass is 35.5. The highest BCUT2D eigenvalue weighted by molar-refractivity contribution is 7.89. The van der Waals surface area contributed by atoms with Crippen molar-refractivity contribution in [3.05, 3.63) is 28.8 Å². The minimum Gasteiger partial charge on any atom is -0.481 e. The Morgan fingerprint density at radius 3 is 2.47 bits per heavy atom. The molecule has 0 aliphatic heterocycles. The summed E-state index contributed by atoms with van der Waals surface area (Å²) in [4.78, 5) is 10.9. The molecule has 2 atom stereocenters. The molecule has 0 spiro atoms. The largest absolute Gasteiger partial charge is 0.481 e. The molecule has 0 heterocycles. The third-order valence-electron chi connectivity index (χ3n) is 2.92. The molecule has 2 N–H and O–H groups in total. The van der Waals surface area contributed by atoms with Crippen LogP contribution in [-0.4, -0.2) is 25.5 Å². The predicted molar refractivity (Wildman–Crippen MR) is 72.8 cm³/mol. The molecule has 0 aromatic heterocycles. The molecule has 0 saturated heterocycles. The second kappa shape index (κ2) is 5.90. The summed E-state index contributed by atoms with van der Waals surface area (Å²) in [6.07, 6.45) is 0. The quantitative estimate of drug-likeness (QED) is 0.872. The third kappa shape index (κ3) is 3.92. The summed E-state index contributed by atoms with van der Waals surface area (Å²) >= 11 is 5.79. The Hall–Kier alpha value is -1.11. The van der Waals surface area contributed by atoms with Crippen molar-refractivity contribution in [2.45, 2.75) is 31.7 Å². The number of rotatable bonds is 5. The van der Waals surface area contributed by atoms with E-state index in [4.69, 9.17) is 16.7 Å². The standard InChI is InChI=1S/C12H16ClNO4S/c1-7-4-5-10(13)6-11(7)19(17,18)14-9(3)8(2)12(15)16/h4-6,8-9,14H,1-3H3,(H,15,16). The molecule has 106 valence electrons. The fourth-order valence-corrected chi connectivity index (χ4v) is 3.32. The fraction of sp³-hybridized carbons (Fsp3) is 0.417. The number of sulfonamides is 1. The van der Waals surface area contributed by atoms with E-state index in [-0.39, 0.29) is 4.90 Å². The summed E-state index contributed by atoms with van der Waals surface area (Å²) < 4.78 is 26.7. The number of hydrogen-bond donors (Lipinski definition) is 2. The second-order valence-electron chi connectivity index (χ2n) is 4.45. The van der Waals surface area contributed by atoms with Gasteiger partial charge in [-0.3, -0.25) is 4.79 Å². The van der Waals surface area contributed by atoms with Gasteiger partial charge in [0.15, 0.2) is 0 Å². The van der Waals surface area contributed by atoms with Gasteiger partial charge in [0, 0.05) is 11.1 Å². The molecule has 0 bridgehead atoms. The number of nitrogens with one attached hydrogen (secondary N) is 1. The maximum atomic E-state index is 12.2. The molecule has 19 heavy (non-hydrogen) atoms. The van der Waals surface area contributed by atoms with E-state index in [0.717, 1.165) is 0 Å². The summed E-state index contributed by atoms with van der Waals surface area (Å²) in [6.45, 7) is 4.60. The van der Waals surface area contributed by atoms with Gasteiger partial charge in [0.05, 0.1) is 10.8 Å². The monoisotopic (exact) mass is 305 g/mol. The molecule has 7 heteroatoms. The van der Waals surface area contributed by atoms with E-state index in [1.807, 2.05) is 0 Å². The molecule has 1 aromatic rings. The number of carboxylic acid groups (broad SMARTS) is 1. The maximum Gasteiger partial charge on any atom is 0.307 e. The number of carboxylic acids is 1. The van der Waals surface area contributed by atoms with Crippen LogP contribution in [0.2, 0.25) is 5.02 Å². The van der Waals surface area contributed by atoms with Crippen LogP contribution in [0.3, 0.4) is 0 Å². The lowest BCUT2D eigenvalue weighted by molar-refractivity contribution is -0.141. The second-order valence-corrected chi connectivity index (χ2v) is 6.57. The van der Waals surface area contributed by atoms with E-state index < -0.39 is 28.0 Å². The van der Waals surface area contributed by atoms with Crippen LogP contribution in [0.1, 0.15) is 19.4 Å². The zero-order valence-electron chi connectivity index (χ0n) is 10.8. The zero-order chi connectivity index (χ0) is 14.8. The van der Waals surface area contributed by atoms with Gasteiger partial charge in [-0.25, -0.2) is 13.1 Å². The van der Waals surface area contributed by atoms with Crippen molar-refractivity contribution in [3.8, 4) is 0 Å². The lowest BCUT2D eigenvalue weighted by Crippen LogP contribution is -2.40. The first-order chi connectivity index (χ1) is 8.65. The molecule has 1 aromatic carbocycles. The molecule has 0 aliphatic rings. The molecular weight excluding hydrogens is 290 g/mol. The van der Waals surface area contributed by atoms with Gasteiger partial charge >= 0.3 is 5.97 Å². The Kier molecular flexibility index (Phi) is 4.95. The van der Waals surface area contributed by atoms with Crippen molar-refractivity contribution in [1.82, 2.24) is 4.72 Å². The van der Waals surface area contributed by atoms with Crippen LogP contribution in [0.15, 0.2) is 23.1 Å². The van der Waals surface area contributed by atoms with Crippen LogP contribution < -0.4 is 4.72 Å². The Labute approximate surface area is 117 Å². The van der Waals surface area contributed by atoms with Gasteiger partial charge < -0.3 is 5.11 Å². The van der Waals surface area contributed by atoms with Crippen LogP contribution in [-0.2, 0) is 14.8 Å². The van der Waals surface area contributed by atoms with E-state index >= 15 is 0 Å². The van der Waals surface area contributed by atoms with Crippen LogP contribution in [0.4, 0.5) is 0 Å². The summed E-state index contributed by atoms with van der Waals surface area (Å²) in [7, 11) is -3.79. The van der Waals surface area contributed by atoms with E-state index in [9.17, 15) is 13.2 Å². The number of aliphatic carboxylic acids is 1. The molecule has 2 unspecified atom stereocenters. The van der Waals surface area contributed by atoms with E-state index in [0.29, 0.717) is 10.6 Å². The minimum atomic E-state index is -3.79. The Bertz CT molecular complexity index is 585. The smallest absolute Gasteiger partial charge is 0.307 e. The lowest BCUT2D eigenvalue weighted by Gasteiger charge is -2.18. The average molecular weight is 306 g/mol. The molecule has 0 radical (unpaired) electrons. The molecule has 0 saturated carbocycles. The Balaban J connectivity index is 3.05. The van der Waals surface area contributed by atoms with Gasteiger partial charge in [0.1, 0.15) is 0 Å². The summed E-state index contributed by atoms with van der Waals surface area (Å²) in [5.74, 6) is -1.88. The zero-order valence-corrected chi connectivity index (χ0v) is 12.4. The van der Waals surface area contributed by atoms with Gasteiger partial charge in [-0.15, -0.1) is 0 Å². The van der Waals surface area contributed by atoms with Crippen LogP contribution in [0, 0.1) is 12.8 Å². The molecule has 0 aliphatic carbocycles. The van der Waals surface area contributed by atoms with Crippen LogP contribution >= 0.6 is 11.6 Å². The van der Waals surface area contributed by atoms with Gasteiger partial charge in [-0.2, -0.15) is 0 Å². The normalized spacial score (nSPS) is 14.9. The first-order valence-corrected chi connectivity index (χ1v) is 7.52. The number of halogens is 1. The number of carbonyl (C=O) groups is 1. The summed E-state index contributed by atoms with van der Waals surface area (Å²) in [5.41, 5.74) is 0.548. The van der Waals surface area contributed by atoms with E-state index in [1.165, 1.54) is 19.9 Å². The van der Waals surface area contributed by atoms with Gasteiger partial charge in [0.2, 0.25) is 10.0 Å². The summed E-state index contributed by atoms with van der Waals surface area (Å²) in [6, 6.07) is 3.82. The highest BCUT2D eigenvalue weighted by Gasteiger charge is 2.26. The van der Waals surface area contributed by atoms with Crippen molar-refractivity contribution in [1.29, 1.82) is 0 Å². The van der Waals surface area contributed by atoms with Gasteiger partial charge in [-0.05, 0) is 31.5 Å². The van der Waals surface area contributed by atoms with Crippen LogP contribution in [0.25, 0.3) is 0 Å². The minimum absolute atomic E-state index is 0.0597. The SMILES string of the molecule is Cc1ccc(Cl)cc1S(=O)(=O)NC(C)C(C)C(=O)O. The molecule has 1 rings (SSSR count). The van der Waals surface area contributed by atoms with Crippen molar-refractivity contribution in [2.24, 2.45) is 5.92 Å². The van der Waals surface area contributed by atoms with Crippen molar-refractivity contribution < 1.29 is 18.3 Å². The lowest BCUT2D eigenvalue weighted by atomic mass is 10.1. The first-order valence-electron chi connectivity index (χ1n) is 5.66. The molecule has 5 nitrogen and oxygen atoms in total. The Morgan fingerprint density at radius 2 is 1.95 bits per heavy atom. The first kappa shape index (κ1) is 15.9. The predicted octanol–water partition coefficient (Wildman–Crippen LogP) is 2.04. The third-order valence-corrected chi connectivity index (χ3v) is 4.86.